The molecule has 0 radical (unpaired) electrons. The Bertz CT molecular complexity index is 654. The maximum atomic E-state index is 12.6. The molecular formula is C12H11F2N3O3S. The van der Waals surface area contributed by atoms with Crippen LogP contribution in [0.15, 0.2) is 23.3 Å². The molecule has 2 heterocycles. The summed E-state index contributed by atoms with van der Waals surface area (Å²) in [4.78, 5) is 26.1. The average molecular weight is 315 g/mol. The number of hydrogen-bond donors (Lipinski definition) is 2. The molecule has 2 aromatic heterocycles. The highest BCUT2D eigenvalue weighted by molar-refractivity contribution is 7.08. The zero-order valence-corrected chi connectivity index (χ0v) is 11.4. The maximum Gasteiger partial charge on any atom is 0.356 e. The van der Waals surface area contributed by atoms with Gasteiger partial charge in [-0.05, 0) is 0 Å². The van der Waals surface area contributed by atoms with Crippen LogP contribution >= 0.6 is 11.3 Å². The fourth-order valence-corrected chi connectivity index (χ4v) is 2.47. The van der Waals surface area contributed by atoms with Gasteiger partial charge in [-0.15, -0.1) is 0 Å². The Hall–Kier alpha value is -2.29. The van der Waals surface area contributed by atoms with E-state index in [2.05, 4.69) is 10.3 Å². The molecule has 9 heteroatoms. The molecule has 0 aliphatic heterocycles. The summed E-state index contributed by atoms with van der Waals surface area (Å²) in [5.74, 6) is -1.72. The van der Waals surface area contributed by atoms with Crippen LogP contribution in [-0.2, 0) is 6.54 Å². The van der Waals surface area contributed by atoms with Crippen LogP contribution in [0.1, 0.15) is 32.8 Å². The molecule has 0 saturated carbocycles. The fraction of sp³-hybridized carbons (Fsp3) is 0.250. The number of nitrogens with zero attached hydrogens (tertiary/aromatic N) is 2. The third kappa shape index (κ3) is 3.63. The van der Waals surface area contributed by atoms with Crippen LogP contribution in [0.5, 0.6) is 0 Å². The molecule has 0 aliphatic rings. The van der Waals surface area contributed by atoms with Gasteiger partial charge in [0.25, 0.3) is 12.3 Å². The Labute approximate surface area is 122 Å². The van der Waals surface area contributed by atoms with Crippen molar-refractivity contribution in [2.45, 2.75) is 13.0 Å². The number of carboxylic acid groups (broad SMARTS) is 1. The number of halogens is 2. The van der Waals surface area contributed by atoms with E-state index in [1.54, 1.807) is 0 Å². The number of rotatable bonds is 6. The van der Waals surface area contributed by atoms with Crippen molar-refractivity contribution in [3.63, 3.8) is 0 Å². The van der Waals surface area contributed by atoms with Crippen molar-refractivity contribution in [3.8, 4) is 0 Å². The molecule has 0 saturated heterocycles. The second kappa shape index (κ2) is 6.44. The Morgan fingerprint density at radius 1 is 1.43 bits per heavy atom. The molecule has 0 aromatic carbocycles. The van der Waals surface area contributed by atoms with Gasteiger partial charge in [0.1, 0.15) is 0 Å². The van der Waals surface area contributed by atoms with Gasteiger partial charge in [0.05, 0.1) is 11.9 Å². The van der Waals surface area contributed by atoms with Crippen molar-refractivity contribution < 1.29 is 23.5 Å². The van der Waals surface area contributed by atoms with Crippen molar-refractivity contribution in [1.82, 2.24) is 14.9 Å². The van der Waals surface area contributed by atoms with Crippen LogP contribution in [0.3, 0.4) is 0 Å². The standard InChI is InChI=1S/C12H11F2N3O3S/c13-10(14)7-4-21-5-8(7)11(18)15-1-2-17-3-9(12(19)20)16-6-17/h3-6,10H,1-2H2,(H,15,18)(H,19,20). The van der Waals surface area contributed by atoms with Gasteiger partial charge in [-0.1, -0.05) is 0 Å². The first-order valence-corrected chi connectivity index (χ1v) is 6.81. The molecule has 2 N–H and O–H groups in total. The highest BCUT2D eigenvalue weighted by atomic mass is 32.1. The van der Waals surface area contributed by atoms with Crippen LogP contribution in [0.2, 0.25) is 0 Å². The monoisotopic (exact) mass is 315 g/mol. The largest absolute Gasteiger partial charge is 0.476 e. The van der Waals surface area contributed by atoms with Crippen LogP contribution in [-0.4, -0.2) is 33.1 Å². The lowest BCUT2D eigenvalue weighted by atomic mass is 10.2. The van der Waals surface area contributed by atoms with Crippen molar-refractivity contribution in [2.24, 2.45) is 0 Å². The normalized spacial score (nSPS) is 10.8. The van der Waals surface area contributed by atoms with Crippen LogP contribution < -0.4 is 5.32 Å². The van der Waals surface area contributed by atoms with Crippen LogP contribution in [0.25, 0.3) is 0 Å². The molecule has 0 atom stereocenters. The summed E-state index contributed by atoms with van der Waals surface area (Å²) in [6.45, 7) is 0.465. The molecular weight excluding hydrogens is 304 g/mol. The predicted molar refractivity (Wildman–Crippen MR) is 70.8 cm³/mol. The van der Waals surface area contributed by atoms with Crippen molar-refractivity contribution >= 4 is 23.2 Å². The summed E-state index contributed by atoms with van der Waals surface area (Å²) in [6.07, 6.45) is -0.0437. The van der Waals surface area contributed by atoms with Gasteiger partial charge in [-0.25, -0.2) is 18.6 Å². The number of nitrogens with one attached hydrogen (secondary N) is 1. The van der Waals surface area contributed by atoms with Gasteiger partial charge in [0, 0.05) is 35.6 Å². The lowest BCUT2D eigenvalue weighted by molar-refractivity contribution is 0.0690. The van der Waals surface area contributed by atoms with E-state index in [9.17, 15) is 18.4 Å². The number of carbonyl (C=O) groups is 2. The molecule has 21 heavy (non-hydrogen) atoms. The zero-order chi connectivity index (χ0) is 15.4. The Balaban J connectivity index is 1.89. The first-order chi connectivity index (χ1) is 9.99. The zero-order valence-electron chi connectivity index (χ0n) is 10.6. The van der Waals surface area contributed by atoms with E-state index in [0.717, 1.165) is 11.3 Å². The molecule has 1 amide bonds. The molecule has 0 aliphatic carbocycles. The van der Waals surface area contributed by atoms with Gasteiger partial charge in [-0.3, -0.25) is 4.79 Å². The smallest absolute Gasteiger partial charge is 0.356 e. The van der Waals surface area contributed by atoms with E-state index < -0.39 is 18.3 Å². The number of carbonyl (C=O) groups excluding carboxylic acids is 1. The highest BCUT2D eigenvalue weighted by Gasteiger charge is 2.19. The van der Waals surface area contributed by atoms with Gasteiger partial charge in [0.15, 0.2) is 5.69 Å². The topological polar surface area (TPSA) is 84.2 Å². The van der Waals surface area contributed by atoms with E-state index in [1.807, 2.05) is 0 Å². The Morgan fingerprint density at radius 2 is 2.19 bits per heavy atom. The molecule has 6 nitrogen and oxygen atoms in total. The summed E-state index contributed by atoms with van der Waals surface area (Å²) in [5, 5.41) is 13.8. The molecule has 2 rings (SSSR count). The summed E-state index contributed by atoms with van der Waals surface area (Å²) in [7, 11) is 0. The molecule has 0 fully saturated rings. The van der Waals surface area contributed by atoms with E-state index in [0.29, 0.717) is 6.54 Å². The molecule has 0 spiro atoms. The minimum absolute atomic E-state index is 0.0353. The lowest BCUT2D eigenvalue weighted by Crippen LogP contribution is -2.27. The van der Waals surface area contributed by atoms with Crippen molar-refractivity contribution in [2.75, 3.05) is 6.54 Å². The molecule has 0 unspecified atom stereocenters. The molecule has 112 valence electrons. The number of carboxylic acids is 1. The van der Waals surface area contributed by atoms with Crippen LogP contribution in [0, 0.1) is 0 Å². The highest BCUT2D eigenvalue weighted by Crippen LogP contribution is 2.26. The van der Waals surface area contributed by atoms with Gasteiger partial charge in [-0.2, -0.15) is 11.3 Å². The van der Waals surface area contributed by atoms with Crippen LogP contribution in [0.4, 0.5) is 8.78 Å². The fourth-order valence-electron chi connectivity index (χ4n) is 1.65. The molecule has 2 aromatic rings. The Morgan fingerprint density at radius 3 is 2.81 bits per heavy atom. The predicted octanol–water partition coefficient (Wildman–Crippen LogP) is 2.01. The summed E-state index contributed by atoms with van der Waals surface area (Å²) >= 11 is 1.04. The minimum Gasteiger partial charge on any atom is -0.476 e. The second-order valence-corrected chi connectivity index (χ2v) is 4.84. The number of aromatic carboxylic acids is 1. The third-order valence-electron chi connectivity index (χ3n) is 2.68. The minimum atomic E-state index is -2.69. The Kier molecular flexibility index (Phi) is 4.63. The van der Waals surface area contributed by atoms with Crippen molar-refractivity contribution in [1.29, 1.82) is 0 Å². The van der Waals surface area contributed by atoms with Gasteiger partial charge < -0.3 is 15.0 Å². The summed E-state index contributed by atoms with van der Waals surface area (Å²) < 4.78 is 26.8. The number of aromatic nitrogens is 2. The number of thiophene rings is 1. The second-order valence-electron chi connectivity index (χ2n) is 4.10. The summed E-state index contributed by atoms with van der Waals surface area (Å²) in [6, 6.07) is 0. The SMILES string of the molecule is O=C(O)c1cn(CCNC(=O)c2cscc2C(F)F)cn1. The molecule has 0 bridgehead atoms. The average Bonchev–Trinajstić information content (AvgIpc) is 3.07. The number of amides is 1. The van der Waals surface area contributed by atoms with Crippen molar-refractivity contribution in [3.05, 3.63) is 40.1 Å². The number of alkyl halides is 2. The first-order valence-electron chi connectivity index (χ1n) is 5.86. The maximum absolute atomic E-state index is 12.6. The van der Waals surface area contributed by atoms with Gasteiger partial charge in [0.2, 0.25) is 0 Å². The summed E-state index contributed by atoms with van der Waals surface area (Å²) in [5.41, 5.74) is -0.417. The van der Waals surface area contributed by atoms with Gasteiger partial charge >= 0.3 is 5.97 Å². The third-order valence-corrected chi connectivity index (χ3v) is 3.44. The number of imidazole rings is 1. The quantitative estimate of drug-likeness (QED) is 0.854. The lowest BCUT2D eigenvalue weighted by Gasteiger charge is -2.06. The number of hydrogen-bond acceptors (Lipinski definition) is 4. The first kappa shape index (κ1) is 15.1. The van der Waals surface area contributed by atoms with E-state index in [1.165, 1.54) is 27.9 Å². The van der Waals surface area contributed by atoms with E-state index >= 15 is 0 Å². The van der Waals surface area contributed by atoms with E-state index in [-0.39, 0.29) is 23.4 Å². The van der Waals surface area contributed by atoms with E-state index in [4.69, 9.17) is 5.11 Å².